The van der Waals surface area contributed by atoms with Gasteiger partial charge < -0.3 is 9.88 Å². The third kappa shape index (κ3) is 4.22. The summed E-state index contributed by atoms with van der Waals surface area (Å²) >= 11 is 0. The van der Waals surface area contributed by atoms with E-state index < -0.39 is 10.0 Å². The molecule has 9 heteroatoms. The zero-order valence-corrected chi connectivity index (χ0v) is 16.8. The van der Waals surface area contributed by atoms with E-state index >= 15 is 0 Å². The number of likely N-dealkylation sites (N-methyl/N-ethyl adjacent to an activating group) is 2. The highest BCUT2D eigenvalue weighted by atomic mass is 32.2. The highest BCUT2D eigenvalue weighted by molar-refractivity contribution is 7.89. The molecule has 0 saturated carbocycles. The van der Waals surface area contributed by atoms with Crippen molar-refractivity contribution in [3.05, 3.63) is 24.0 Å². The number of hydrogen-bond acceptors (Lipinski definition) is 5. The Balaban J connectivity index is 2.44. The van der Waals surface area contributed by atoms with E-state index in [1.54, 1.807) is 25.2 Å². The molecule has 0 aliphatic carbocycles. The lowest BCUT2D eigenvalue weighted by Gasteiger charge is -2.16. The second-order valence-electron chi connectivity index (χ2n) is 6.46. The molecule has 0 aliphatic rings. The Kier molecular flexibility index (Phi) is 6.38. The minimum atomic E-state index is -3.51. The fraction of sp³-hybridized carbons (Fsp3) is 0.529. The molecule has 0 spiro atoms. The summed E-state index contributed by atoms with van der Waals surface area (Å²) in [7, 11) is 2.97. The monoisotopic (exact) mass is 381 g/mol. The average molecular weight is 382 g/mol. The zero-order valence-electron chi connectivity index (χ0n) is 16.0. The number of rotatable bonds is 8. The van der Waals surface area contributed by atoms with E-state index in [-0.39, 0.29) is 17.3 Å². The molecule has 1 heterocycles. The first kappa shape index (κ1) is 20.3. The van der Waals surface area contributed by atoms with Crippen molar-refractivity contribution in [2.75, 3.05) is 34.7 Å². The van der Waals surface area contributed by atoms with E-state index in [0.29, 0.717) is 12.1 Å². The van der Waals surface area contributed by atoms with Crippen LogP contribution in [0.2, 0.25) is 0 Å². The van der Waals surface area contributed by atoms with Crippen LogP contribution in [-0.4, -0.2) is 67.8 Å². The van der Waals surface area contributed by atoms with Crippen LogP contribution in [0.15, 0.2) is 23.1 Å². The Bertz CT molecular complexity index is 889. The number of aryl methyl sites for hydroxylation is 1. The van der Waals surface area contributed by atoms with Gasteiger partial charge in [-0.2, -0.15) is 0 Å². The Morgan fingerprint density at radius 1 is 1.27 bits per heavy atom. The number of carbonyl (C=O) groups is 1. The van der Waals surface area contributed by atoms with Crippen LogP contribution in [0.5, 0.6) is 0 Å². The number of amides is 1. The van der Waals surface area contributed by atoms with Crippen molar-refractivity contribution in [3.8, 4) is 0 Å². The fourth-order valence-corrected chi connectivity index (χ4v) is 3.67. The molecule has 2 aromatic rings. The van der Waals surface area contributed by atoms with Gasteiger partial charge >= 0.3 is 0 Å². The molecule has 1 aromatic heterocycles. The van der Waals surface area contributed by atoms with Crippen LogP contribution in [0, 0.1) is 0 Å². The highest BCUT2D eigenvalue weighted by Crippen LogP contribution is 2.23. The van der Waals surface area contributed by atoms with Crippen molar-refractivity contribution < 1.29 is 13.2 Å². The summed E-state index contributed by atoms with van der Waals surface area (Å²) < 4.78 is 28.0. The van der Waals surface area contributed by atoms with Gasteiger partial charge in [-0.15, -0.1) is 0 Å². The maximum absolute atomic E-state index is 12.4. The molecule has 0 atom stereocenters. The van der Waals surface area contributed by atoms with Crippen molar-refractivity contribution >= 4 is 27.0 Å². The molecule has 1 aromatic carbocycles. The molecule has 1 N–H and O–H groups in total. The van der Waals surface area contributed by atoms with Gasteiger partial charge in [0.2, 0.25) is 15.9 Å². The predicted octanol–water partition coefficient (Wildman–Crippen LogP) is 0.874. The third-order valence-corrected chi connectivity index (χ3v) is 5.94. The molecule has 0 bridgehead atoms. The Labute approximate surface area is 154 Å². The van der Waals surface area contributed by atoms with Crippen LogP contribution in [0.3, 0.4) is 0 Å². The minimum Gasteiger partial charge on any atom is -0.358 e. The van der Waals surface area contributed by atoms with Crippen LogP contribution in [0.25, 0.3) is 11.0 Å². The number of fused-ring (bicyclic) bond motifs is 1. The lowest BCUT2D eigenvalue weighted by atomic mass is 10.3. The highest BCUT2D eigenvalue weighted by Gasteiger charge is 2.20. The molecule has 0 saturated heterocycles. The number of imidazole rings is 1. The van der Waals surface area contributed by atoms with E-state index in [0.717, 1.165) is 24.3 Å². The molecule has 26 heavy (non-hydrogen) atoms. The summed E-state index contributed by atoms with van der Waals surface area (Å²) in [6, 6.07) is 5.03. The molecule has 8 nitrogen and oxygen atoms in total. The first-order valence-corrected chi connectivity index (χ1v) is 9.95. The fourth-order valence-electron chi connectivity index (χ4n) is 2.75. The summed E-state index contributed by atoms with van der Waals surface area (Å²) in [6.45, 7) is 3.62. The lowest BCUT2D eigenvalue weighted by molar-refractivity contribution is -0.121. The molecule has 0 unspecified atom stereocenters. The van der Waals surface area contributed by atoms with Gasteiger partial charge in [0.25, 0.3) is 0 Å². The summed E-state index contributed by atoms with van der Waals surface area (Å²) in [5.74, 6) is 0.748. The number of nitrogens with zero attached hydrogens (tertiary/aromatic N) is 4. The van der Waals surface area contributed by atoms with Crippen LogP contribution in [0.1, 0.15) is 19.2 Å². The van der Waals surface area contributed by atoms with Crippen molar-refractivity contribution in [1.29, 1.82) is 0 Å². The van der Waals surface area contributed by atoms with Crippen LogP contribution < -0.4 is 5.32 Å². The summed E-state index contributed by atoms with van der Waals surface area (Å²) in [4.78, 5) is 18.3. The molecular weight excluding hydrogens is 354 g/mol. The Hall–Kier alpha value is -1.97. The predicted molar refractivity (Wildman–Crippen MR) is 101 cm³/mol. The summed E-state index contributed by atoms with van der Waals surface area (Å²) in [6.07, 6.45) is 0.926. The van der Waals surface area contributed by atoms with Crippen molar-refractivity contribution in [1.82, 2.24) is 24.1 Å². The maximum Gasteiger partial charge on any atom is 0.242 e. The van der Waals surface area contributed by atoms with Crippen molar-refractivity contribution in [2.24, 2.45) is 0 Å². The molecule has 144 valence electrons. The van der Waals surface area contributed by atoms with Gasteiger partial charge in [0.15, 0.2) is 0 Å². The lowest BCUT2D eigenvalue weighted by Crippen LogP contribution is -2.33. The SMILES string of the molecule is CCCn1c(CN(C)CC(=O)NC)nc2cc(S(=O)(=O)N(C)C)ccc21. The number of carbonyl (C=O) groups excluding carboxylic acids is 1. The number of benzene rings is 1. The second-order valence-corrected chi connectivity index (χ2v) is 8.61. The summed E-state index contributed by atoms with van der Waals surface area (Å²) in [5.41, 5.74) is 1.54. The largest absolute Gasteiger partial charge is 0.358 e. The van der Waals surface area contributed by atoms with Crippen LogP contribution in [-0.2, 0) is 27.9 Å². The van der Waals surface area contributed by atoms with E-state index in [9.17, 15) is 13.2 Å². The van der Waals surface area contributed by atoms with Gasteiger partial charge in [-0.1, -0.05) is 6.92 Å². The minimum absolute atomic E-state index is 0.0648. The van der Waals surface area contributed by atoms with Gasteiger partial charge in [-0.05, 0) is 31.7 Å². The molecule has 0 fully saturated rings. The van der Waals surface area contributed by atoms with Gasteiger partial charge in [0.05, 0.1) is 29.0 Å². The van der Waals surface area contributed by atoms with Gasteiger partial charge in [-0.3, -0.25) is 9.69 Å². The molecule has 0 aliphatic heterocycles. The van der Waals surface area contributed by atoms with E-state index in [1.165, 1.54) is 18.4 Å². The van der Waals surface area contributed by atoms with Crippen molar-refractivity contribution in [3.63, 3.8) is 0 Å². The number of hydrogen-bond donors (Lipinski definition) is 1. The number of aromatic nitrogens is 2. The van der Waals surface area contributed by atoms with E-state index in [1.807, 2.05) is 11.9 Å². The molecular formula is C17H27N5O3S. The first-order chi connectivity index (χ1) is 12.2. The van der Waals surface area contributed by atoms with Crippen LogP contribution in [0.4, 0.5) is 0 Å². The van der Waals surface area contributed by atoms with E-state index in [4.69, 9.17) is 0 Å². The zero-order chi connectivity index (χ0) is 19.5. The van der Waals surface area contributed by atoms with Crippen molar-refractivity contribution in [2.45, 2.75) is 31.3 Å². The molecule has 1 amide bonds. The second kappa shape index (κ2) is 8.15. The maximum atomic E-state index is 12.4. The van der Waals surface area contributed by atoms with Gasteiger partial charge in [-0.25, -0.2) is 17.7 Å². The standard InChI is InChI=1S/C17H27N5O3S/c1-6-9-22-15-8-7-13(26(24,25)20(3)4)10-14(15)19-16(22)11-21(5)12-17(23)18-2/h7-8,10H,6,9,11-12H2,1-5H3,(H,18,23). The Morgan fingerprint density at radius 2 is 1.96 bits per heavy atom. The number of sulfonamides is 1. The first-order valence-electron chi connectivity index (χ1n) is 8.51. The number of nitrogens with one attached hydrogen (secondary N) is 1. The van der Waals surface area contributed by atoms with E-state index in [2.05, 4.69) is 21.8 Å². The average Bonchev–Trinajstić information content (AvgIpc) is 2.91. The smallest absolute Gasteiger partial charge is 0.242 e. The van der Waals surface area contributed by atoms with Gasteiger partial charge in [0, 0.05) is 27.7 Å². The molecule has 0 radical (unpaired) electrons. The van der Waals surface area contributed by atoms with Crippen LogP contribution >= 0.6 is 0 Å². The molecule has 2 rings (SSSR count). The topological polar surface area (TPSA) is 87.5 Å². The normalized spacial score (nSPS) is 12.3. The summed E-state index contributed by atoms with van der Waals surface area (Å²) in [5, 5.41) is 2.60. The third-order valence-electron chi connectivity index (χ3n) is 4.13. The van der Waals surface area contributed by atoms with Gasteiger partial charge in [0.1, 0.15) is 5.82 Å². The quantitative estimate of drug-likeness (QED) is 0.733. The Morgan fingerprint density at radius 3 is 2.54 bits per heavy atom.